The molecule has 1 N–H and O–H groups in total. The highest BCUT2D eigenvalue weighted by atomic mass is 35.5. The van der Waals surface area contributed by atoms with Crippen LogP contribution in [0, 0.1) is 0 Å². The Bertz CT molecular complexity index is 569. The van der Waals surface area contributed by atoms with E-state index in [2.05, 4.69) is 10.4 Å². The number of amides is 1. The van der Waals surface area contributed by atoms with Crippen molar-refractivity contribution < 1.29 is 9.53 Å². The van der Waals surface area contributed by atoms with Crippen molar-refractivity contribution in [2.45, 2.75) is 25.6 Å². The molecule has 5 nitrogen and oxygen atoms in total. The monoisotopic (exact) mass is 307 g/mol. The zero-order valence-corrected chi connectivity index (χ0v) is 12.7. The Balaban J connectivity index is 1.98. The molecular weight excluding hydrogens is 290 g/mol. The second kappa shape index (κ2) is 7.24. The van der Waals surface area contributed by atoms with Crippen LogP contribution >= 0.6 is 11.6 Å². The molecule has 1 heterocycles. The van der Waals surface area contributed by atoms with Gasteiger partial charge in [0.15, 0.2) is 0 Å². The summed E-state index contributed by atoms with van der Waals surface area (Å²) in [7, 11) is 1.62. The summed E-state index contributed by atoms with van der Waals surface area (Å²) in [5.41, 5.74) is 0.966. The number of hydrogen-bond donors (Lipinski definition) is 1. The third kappa shape index (κ3) is 4.31. The summed E-state index contributed by atoms with van der Waals surface area (Å²) in [6.45, 7) is 2.10. The van der Waals surface area contributed by atoms with Crippen LogP contribution in [0.25, 0.3) is 0 Å². The first-order valence-electron chi connectivity index (χ1n) is 6.65. The molecular formula is C15H18ClN3O2. The van der Waals surface area contributed by atoms with Gasteiger partial charge >= 0.3 is 0 Å². The van der Waals surface area contributed by atoms with Crippen LogP contribution in [0.15, 0.2) is 42.7 Å². The molecule has 0 bridgehead atoms. The van der Waals surface area contributed by atoms with Crippen LogP contribution in [-0.2, 0) is 16.1 Å². The number of nitrogens with one attached hydrogen (secondary N) is 1. The molecule has 0 aliphatic heterocycles. The predicted molar refractivity (Wildman–Crippen MR) is 81.0 cm³/mol. The Morgan fingerprint density at radius 1 is 1.43 bits per heavy atom. The second-order valence-electron chi connectivity index (χ2n) is 4.77. The minimum Gasteiger partial charge on any atom is -0.375 e. The van der Waals surface area contributed by atoms with Gasteiger partial charge in [-0.3, -0.25) is 9.48 Å². The molecule has 0 aliphatic rings. The van der Waals surface area contributed by atoms with E-state index in [4.69, 9.17) is 16.3 Å². The highest BCUT2D eigenvalue weighted by Gasteiger charge is 2.20. The fourth-order valence-corrected chi connectivity index (χ4v) is 2.32. The van der Waals surface area contributed by atoms with Crippen LogP contribution < -0.4 is 5.32 Å². The number of aromatic nitrogens is 2. The van der Waals surface area contributed by atoms with Gasteiger partial charge in [-0.2, -0.15) is 5.10 Å². The first-order chi connectivity index (χ1) is 10.1. The number of carbonyl (C=O) groups is 1. The normalized spacial score (nSPS) is 13.7. The molecule has 1 aromatic heterocycles. The summed E-state index contributed by atoms with van der Waals surface area (Å²) in [6, 6.07) is 9.02. The van der Waals surface area contributed by atoms with Gasteiger partial charge in [-0.05, 0) is 30.7 Å². The summed E-state index contributed by atoms with van der Waals surface area (Å²) in [5, 5.41) is 7.60. The SMILES string of the molecule is CO[C@H](c1ccc(Cl)cc1)[C@@H](C)NC(=O)Cn1cccn1. The lowest BCUT2D eigenvalue weighted by Gasteiger charge is -2.24. The van der Waals surface area contributed by atoms with Gasteiger partial charge in [0.1, 0.15) is 12.6 Å². The molecule has 0 fully saturated rings. The lowest BCUT2D eigenvalue weighted by Crippen LogP contribution is -2.39. The molecule has 0 unspecified atom stereocenters. The van der Waals surface area contributed by atoms with Gasteiger partial charge in [-0.1, -0.05) is 23.7 Å². The van der Waals surface area contributed by atoms with E-state index < -0.39 is 0 Å². The predicted octanol–water partition coefficient (Wildman–Crippen LogP) is 2.43. The van der Waals surface area contributed by atoms with E-state index in [-0.39, 0.29) is 24.6 Å². The van der Waals surface area contributed by atoms with Crippen molar-refractivity contribution in [3.63, 3.8) is 0 Å². The third-order valence-electron chi connectivity index (χ3n) is 3.16. The zero-order chi connectivity index (χ0) is 15.2. The standard InChI is InChI=1S/C15H18ClN3O2/c1-11(18-14(20)10-19-9-3-8-17-19)15(21-2)12-4-6-13(16)7-5-12/h3-9,11,15H,10H2,1-2H3,(H,18,20)/t11-,15+/m1/s1. The highest BCUT2D eigenvalue weighted by molar-refractivity contribution is 6.30. The molecule has 1 aromatic carbocycles. The molecule has 2 aromatic rings. The quantitative estimate of drug-likeness (QED) is 0.891. The maximum atomic E-state index is 12.0. The average Bonchev–Trinajstić information content (AvgIpc) is 2.94. The van der Waals surface area contributed by atoms with Crippen molar-refractivity contribution in [3.05, 3.63) is 53.3 Å². The fraction of sp³-hybridized carbons (Fsp3) is 0.333. The number of halogens is 1. The molecule has 0 saturated heterocycles. The molecule has 2 atom stereocenters. The van der Waals surface area contributed by atoms with Crippen molar-refractivity contribution in [1.82, 2.24) is 15.1 Å². The third-order valence-corrected chi connectivity index (χ3v) is 3.41. The molecule has 0 spiro atoms. The van der Waals surface area contributed by atoms with E-state index in [1.165, 1.54) is 0 Å². The lowest BCUT2D eigenvalue weighted by atomic mass is 10.0. The maximum absolute atomic E-state index is 12.0. The van der Waals surface area contributed by atoms with Gasteiger partial charge in [0.2, 0.25) is 5.91 Å². The number of carbonyl (C=O) groups excluding carboxylic acids is 1. The Morgan fingerprint density at radius 3 is 2.71 bits per heavy atom. The fourth-order valence-electron chi connectivity index (χ4n) is 2.20. The summed E-state index contributed by atoms with van der Waals surface area (Å²) >= 11 is 5.88. The molecule has 21 heavy (non-hydrogen) atoms. The molecule has 1 amide bonds. The van der Waals surface area contributed by atoms with Crippen molar-refractivity contribution in [2.24, 2.45) is 0 Å². The molecule has 6 heteroatoms. The number of benzene rings is 1. The first kappa shape index (κ1) is 15.5. The van der Waals surface area contributed by atoms with Crippen molar-refractivity contribution in [1.29, 1.82) is 0 Å². The van der Waals surface area contributed by atoms with Gasteiger partial charge < -0.3 is 10.1 Å². The van der Waals surface area contributed by atoms with E-state index in [0.29, 0.717) is 5.02 Å². The average molecular weight is 308 g/mol. The first-order valence-corrected chi connectivity index (χ1v) is 7.03. The molecule has 0 aliphatic carbocycles. The van der Waals surface area contributed by atoms with Crippen molar-refractivity contribution in [2.75, 3.05) is 7.11 Å². The van der Waals surface area contributed by atoms with Crippen LogP contribution in [0.5, 0.6) is 0 Å². The number of methoxy groups -OCH3 is 1. The number of rotatable bonds is 6. The Hall–Kier alpha value is -1.85. The summed E-state index contributed by atoms with van der Waals surface area (Å²) in [6.07, 6.45) is 3.16. The second-order valence-corrected chi connectivity index (χ2v) is 5.20. The number of hydrogen-bond acceptors (Lipinski definition) is 3. The van der Waals surface area contributed by atoms with Gasteiger partial charge in [0.05, 0.1) is 6.04 Å². The van der Waals surface area contributed by atoms with E-state index in [0.717, 1.165) is 5.56 Å². The van der Waals surface area contributed by atoms with Gasteiger partial charge in [0.25, 0.3) is 0 Å². The largest absolute Gasteiger partial charge is 0.375 e. The minimum absolute atomic E-state index is 0.109. The zero-order valence-electron chi connectivity index (χ0n) is 12.0. The maximum Gasteiger partial charge on any atom is 0.242 e. The summed E-state index contributed by atoms with van der Waals surface area (Å²) in [5.74, 6) is -0.109. The molecule has 0 radical (unpaired) electrons. The molecule has 0 saturated carbocycles. The molecule has 112 valence electrons. The Labute approximate surface area is 128 Å². The van der Waals surface area contributed by atoms with Gasteiger partial charge in [-0.15, -0.1) is 0 Å². The minimum atomic E-state index is -0.233. The highest BCUT2D eigenvalue weighted by Crippen LogP contribution is 2.22. The van der Waals surface area contributed by atoms with Crippen LogP contribution in [-0.4, -0.2) is 28.8 Å². The van der Waals surface area contributed by atoms with E-state index in [1.807, 2.05) is 19.1 Å². The van der Waals surface area contributed by atoms with Crippen molar-refractivity contribution in [3.8, 4) is 0 Å². The summed E-state index contributed by atoms with van der Waals surface area (Å²) < 4.78 is 7.07. The summed E-state index contributed by atoms with van der Waals surface area (Å²) in [4.78, 5) is 12.0. The van der Waals surface area contributed by atoms with E-state index >= 15 is 0 Å². The Kier molecular flexibility index (Phi) is 5.36. The number of nitrogens with zero attached hydrogens (tertiary/aromatic N) is 2. The molecule has 2 rings (SSSR count). The number of ether oxygens (including phenoxy) is 1. The van der Waals surface area contributed by atoms with Crippen molar-refractivity contribution >= 4 is 17.5 Å². The van der Waals surface area contributed by atoms with Crippen LogP contribution in [0.2, 0.25) is 5.02 Å². The topological polar surface area (TPSA) is 56.1 Å². The van der Waals surface area contributed by atoms with Crippen LogP contribution in [0.3, 0.4) is 0 Å². The lowest BCUT2D eigenvalue weighted by molar-refractivity contribution is -0.123. The smallest absolute Gasteiger partial charge is 0.242 e. The van der Waals surface area contributed by atoms with Crippen LogP contribution in [0.1, 0.15) is 18.6 Å². The van der Waals surface area contributed by atoms with Gasteiger partial charge in [0, 0.05) is 24.5 Å². The van der Waals surface area contributed by atoms with E-state index in [9.17, 15) is 4.79 Å². The van der Waals surface area contributed by atoms with Gasteiger partial charge in [-0.25, -0.2) is 0 Å². The Morgan fingerprint density at radius 2 is 2.14 bits per heavy atom. The van der Waals surface area contributed by atoms with E-state index in [1.54, 1.807) is 42.4 Å². The van der Waals surface area contributed by atoms with Crippen LogP contribution in [0.4, 0.5) is 0 Å².